The largest absolute Gasteiger partial charge is 0.466 e. The molecule has 0 unspecified atom stereocenters. The van der Waals surface area contributed by atoms with E-state index in [2.05, 4.69) is 20.1 Å². The summed E-state index contributed by atoms with van der Waals surface area (Å²) in [5.41, 5.74) is 1.46. The third-order valence-electron chi connectivity index (χ3n) is 4.30. The quantitative estimate of drug-likeness (QED) is 0.837. The van der Waals surface area contributed by atoms with Gasteiger partial charge in [-0.15, -0.1) is 5.10 Å². The molecule has 25 heavy (non-hydrogen) atoms. The highest BCUT2D eigenvalue weighted by molar-refractivity contribution is 5.95. The van der Waals surface area contributed by atoms with Crippen molar-refractivity contribution in [2.75, 3.05) is 53.6 Å². The number of ether oxygens (including phenoxy) is 2. The van der Waals surface area contributed by atoms with E-state index in [0.29, 0.717) is 11.4 Å². The second-order valence-corrected chi connectivity index (χ2v) is 5.88. The van der Waals surface area contributed by atoms with Gasteiger partial charge in [0.15, 0.2) is 5.82 Å². The van der Waals surface area contributed by atoms with Crippen molar-refractivity contribution in [3.8, 4) is 17.4 Å². The Bertz CT molecular complexity index is 710. The van der Waals surface area contributed by atoms with Crippen molar-refractivity contribution in [1.29, 1.82) is 0 Å². The summed E-state index contributed by atoms with van der Waals surface area (Å²) in [5, 5.41) is 6.75. The molecule has 0 aliphatic carbocycles. The number of nitrogens with one attached hydrogen (secondary N) is 1. The van der Waals surface area contributed by atoms with Crippen LogP contribution >= 0.6 is 0 Å². The van der Waals surface area contributed by atoms with Gasteiger partial charge >= 0.3 is 6.01 Å². The predicted octanol–water partition coefficient (Wildman–Crippen LogP) is 0.884. The highest BCUT2D eigenvalue weighted by Gasteiger charge is 2.22. The number of hydrogen-bond acceptors (Lipinski definition) is 6. The van der Waals surface area contributed by atoms with Gasteiger partial charge in [-0.05, 0) is 12.1 Å². The number of rotatable bonds is 6. The second-order valence-electron chi connectivity index (χ2n) is 5.88. The second kappa shape index (κ2) is 8.09. The summed E-state index contributed by atoms with van der Waals surface area (Å²) in [5.74, 6) is 0.621. The summed E-state index contributed by atoms with van der Waals surface area (Å²) in [4.78, 5) is 21.2. The van der Waals surface area contributed by atoms with E-state index in [1.54, 1.807) is 7.11 Å². The fourth-order valence-corrected chi connectivity index (χ4v) is 2.84. The molecule has 0 saturated carbocycles. The van der Waals surface area contributed by atoms with Crippen molar-refractivity contribution < 1.29 is 14.3 Å². The lowest BCUT2D eigenvalue weighted by atomic mass is 10.1. The normalized spacial score (nSPS) is 15.4. The standard InChI is InChI=1S/C17H23N5O3/c1-24-11-10-21-6-8-22(9-7-21)16(23)14-5-3-4-13(12-14)15-18-17(25-2)20-19-15/h3-5,12H,6-11H2,1-2H3,(H,18,19,20). The zero-order valence-corrected chi connectivity index (χ0v) is 14.6. The summed E-state index contributed by atoms with van der Waals surface area (Å²) in [6, 6.07) is 7.68. The fourth-order valence-electron chi connectivity index (χ4n) is 2.84. The molecule has 0 spiro atoms. The molecular formula is C17H23N5O3. The van der Waals surface area contributed by atoms with Crippen LogP contribution in [0, 0.1) is 0 Å². The molecule has 8 nitrogen and oxygen atoms in total. The lowest BCUT2D eigenvalue weighted by Crippen LogP contribution is -2.49. The Kier molecular flexibility index (Phi) is 5.62. The maximum atomic E-state index is 12.8. The van der Waals surface area contributed by atoms with Gasteiger partial charge in [-0.1, -0.05) is 12.1 Å². The van der Waals surface area contributed by atoms with Crippen molar-refractivity contribution in [3.63, 3.8) is 0 Å². The molecule has 8 heteroatoms. The molecule has 2 aromatic rings. The number of aromatic nitrogens is 3. The van der Waals surface area contributed by atoms with E-state index >= 15 is 0 Å². The molecular weight excluding hydrogens is 322 g/mol. The van der Waals surface area contributed by atoms with Crippen LogP contribution in [0.15, 0.2) is 24.3 Å². The van der Waals surface area contributed by atoms with Crippen molar-refractivity contribution in [3.05, 3.63) is 29.8 Å². The summed E-state index contributed by atoms with van der Waals surface area (Å²) in [6.07, 6.45) is 0. The van der Waals surface area contributed by atoms with Crippen molar-refractivity contribution in [1.82, 2.24) is 25.0 Å². The minimum atomic E-state index is 0.0414. The number of nitrogens with zero attached hydrogens (tertiary/aromatic N) is 4. The SMILES string of the molecule is COCCN1CCN(C(=O)c2cccc(-c3nc(OC)n[nH]3)c2)CC1. The molecule has 1 amide bonds. The van der Waals surface area contributed by atoms with Gasteiger partial charge in [0.25, 0.3) is 5.91 Å². The van der Waals surface area contributed by atoms with Crippen LogP contribution in [0.2, 0.25) is 0 Å². The number of carbonyl (C=O) groups excluding carboxylic acids is 1. The first-order valence-electron chi connectivity index (χ1n) is 8.28. The van der Waals surface area contributed by atoms with Gasteiger partial charge in [0, 0.05) is 51.0 Å². The smallest absolute Gasteiger partial charge is 0.335 e. The maximum Gasteiger partial charge on any atom is 0.335 e. The number of amides is 1. The number of carbonyl (C=O) groups is 1. The molecule has 134 valence electrons. The number of aromatic amines is 1. The van der Waals surface area contributed by atoms with Gasteiger partial charge < -0.3 is 14.4 Å². The first-order valence-corrected chi connectivity index (χ1v) is 8.28. The van der Waals surface area contributed by atoms with E-state index in [-0.39, 0.29) is 11.9 Å². The van der Waals surface area contributed by atoms with Gasteiger partial charge in [0.2, 0.25) is 0 Å². The highest BCUT2D eigenvalue weighted by atomic mass is 16.5. The molecule has 0 radical (unpaired) electrons. The van der Waals surface area contributed by atoms with Crippen molar-refractivity contribution >= 4 is 5.91 Å². The number of methoxy groups -OCH3 is 2. The van der Waals surface area contributed by atoms with E-state index < -0.39 is 0 Å². The van der Waals surface area contributed by atoms with Crippen LogP contribution in [-0.2, 0) is 4.74 Å². The fraction of sp³-hybridized carbons (Fsp3) is 0.471. The summed E-state index contributed by atoms with van der Waals surface area (Å²) >= 11 is 0. The van der Waals surface area contributed by atoms with Crippen LogP contribution in [0.4, 0.5) is 0 Å². The van der Waals surface area contributed by atoms with E-state index in [1.807, 2.05) is 29.2 Å². The monoisotopic (exact) mass is 345 g/mol. The zero-order valence-electron chi connectivity index (χ0n) is 14.6. The van der Waals surface area contributed by atoms with Crippen molar-refractivity contribution in [2.45, 2.75) is 0 Å². The van der Waals surface area contributed by atoms with Crippen LogP contribution in [0.1, 0.15) is 10.4 Å². The van der Waals surface area contributed by atoms with Crippen LogP contribution in [0.25, 0.3) is 11.4 Å². The number of piperazine rings is 1. The molecule has 2 heterocycles. The summed E-state index contributed by atoms with van der Waals surface area (Å²) in [6.45, 7) is 4.81. The Hall–Kier alpha value is -2.45. The molecule has 3 rings (SSSR count). The number of H-pyrrole nitrogens is 1. The minimum absolute atomic E-state index is 0.0414. The molecule has 1 N–H and O–H groups in total. The lowest BCUT2D eigenvalue weighted by molar-refractivity contribution is 0.0594. The summed E-state index contributed by atoms with van der Waals surface area (Å²) in [7, 11) is 3.22. The van der Waals surface area contributed by atoms with Crippen LogP contribution in [0.5, 0.6) is 6.01 Å². The van der Waals surface area contributed by atoms with E-state index in [1.165, 1.54) is 7.11 Å². The van der Waals surface area contributed by atoms with Crippen LogP contribution in [0.3, 0.4) is 0 Å². The van der Waals surface area contributed by atoms with Crippen LogP contribution in [-0.4, -0.2) is 84.4 Å². The Morgan fingerprint density at radius 3 is 2.72 bits per heavy atom. The van der Waals surface area contributed by atoms with Crippen LogP contribution < -0.4 is 4.74 Å². The van der Waals surface area contributed by atoms with Gasteiger partial charge in [0.1, 0.15) is 0 Å². The Labute approximate surface area is 146 Å². The van der Waals surface area contributed by atoms with Gasteiger partial charge in [-0.25, -0.2) is 0 Å². The molecule has 1 fully saturated rings. The number of benzene rings is 1. The third kappa shape index (κ3) is 4.15. The minimum Gasteiger partial charge on any atom is -0.466 e. The first kappa shape index (κ1) is 17.4. The summed E-state index contributed by atoms with van der Waals surface area (Å²) < 4.78 is 10.1. The molecule has 1 aliphatic heterocycles. The van der Waals surface area contributed by atoms with Gasteiger partial charge in [-0.2, -0.15) is 4.98 Å². The molecule has 1 aromatic carbocycles. The third-order valence-corrected chi connectivity index (χ3v) is 4.30. The molecule has 1 aromatic heterocycles. The predicted molar refractivity (Wildman–Crippen MR) is 92.6 cm³/mol. The maximum absolute atomic E-state index is 12.8. The molecule has 1 aliphatic rings. The Morgan fingerprint density at radius 2 is 2.04 bits per heavy atom. The van der Waals surface area contributed by atoms with E-state index in [0.717, 1.165) is 44.9 Å². The van der Waals surface area contributed by atoms with Gasteiger partial charge in [0.05, 0.1) is 13.7 Å². The van der Waals surface area contributed by atoms with Crippen molar-refractivity contribution in [2.24, 2.45) is 0 Å². The molecule has 1 saturated heterocycles. The molecule has 0 bridgehead atoms. The highest BCUT2D eigenvalue weighted by Crippen LogP contribution is 2.19. The molecule has 0 atom stereocenters. The Balaban J connectivity index is 1.66. The topological polar surface area (TPSA) is 83.6 Å². The Morgan fingerprint density at radius 1 is 1.24 bits per heavy atom. The lowest BCUT2D eigenvalue weighted by Gasteiger charge is -2.34. The zero-order chi connectivity index (χ0) is 17.6. The average Bonchev–Trinajstić information content (AvgIpc) is 3.15. The number of hydrogen-bond donors (Lipinski definition) is 1. The van der Waals surface area contributed by atoms with E-state index in [4.69, 9.17) is 9.47 Å². The average molecular weight is 345 g/mol. The first-order chi connectivity index (χ1) is 12.2. The van der Waals surface area contributed by atoms with E-state index in [9.17, 15) is 4.79 Å². The van der Waals surface area contributed by atoms with Gasteiger partial charge in [-0.3, -0.25) is 14.8 Å².